The summed E-state index contributed by atoms with van der Waals surface area (Å²) in [5.74, 6) is 0.170. The lowest BCUT2D eigenvalue weighted by Crippen LogP contribution is -2.39. The lowest BCUT2D eigenvalue weighted by Gasteiger charge is -2.26. The van der Waals surface area contributed by atoms with E-state index in [0.29, 0.717) is 13.0 Å². The van der Waals surface area contributed by atoms with Crippen molar-refractivity contribution in [3.05, 3.63) is 22.7 Å². The fraction of sp³-hybridized carbons (Fsp3) is 0.600. The molecule has 1 aromatic heterocycles. The number of nitrogens with zero attached hydrogens (tertiary/aromatic N) is 2. The molecule has 1 aromatic rings. The lowest BCUT2D eigenvalue weighted by atomic mass is 10.1. The van der Waals surface area contributed by atoms with Gasteiger partial charge in [-0.3, -0.25) is 4.79 Å². The topological polar surface area (TPSA) is 56.1 Å². The minimum absolute atomic E-state index is 0.170. The Kier molecular flexibility index (Phi) is 3.19. The Morgan fingerprint density at radius 3 is 3.25 bits per heavy atom. The summed E-state index contributed by atoms with van der Waals surface area (Å²) in [6, 6.07) is -0.489. The van der Waals surface area contributed by atoms with E-state index in [-0.39, 0.29) is 11.4 Å². The van der Waals surface area contributed by atoms with Crippen LogP contribution in [0.25, 0.3) is 0 Å². The van der Waals surface area contributed by atoms with Gasteiger partial charge >= 0.3 is 0 Å². The molecule has 88 valence electrons. The maximum absolute atomic E-state index is 13.3. The predicted molar refractivity (Wildman–Crippen MR) is 57.0 cm³/mol. The molecule has 6 heteroatoms. The summed E-state index contributed by atoms with van der Waals surface area (Å²) in [4.78, 5) is 15.5. The molecule has 0 radical (unpaired) electrons. The smallest absolute Gasteiger partial charge is 0.293 e. The Morgan fingerprint density at radius 2 is 2.50 bits per heavy atom. The van der Waals surface area contributed by atoms with Crippen molar-refractivity contribution in [2.75, 3.05) is 11.9 Å². The number of aromatic nitrogens is 2. The number of hydrogen-bond acceptors (Lipinski definition) is 4. The molecule has 16 heavy (non-hydrogen) atoms. The molecular weight excluding hydrogens is 213 g/mol. The summed E-state index contributed by atoms with van der Waals surface area (Å²) in [6.07, 6.45) is 3.10. The Labute approximate surface area is 92.3 Å². The van der Waals surface area contributed by atoms with Crippen LogP contribution in [0.4, 0.5) is 10.2 Å². The van der Waals surface area contributed by atoms with Gasteiger partial charge in [-0.2, -0.15) is 0 Å². The summed E-state index contributed by atoms with van der Waals surface area (Å²) in [6.45, 7) is 0.430. The maximum atomic E-state index is 13.3. The van der Waals surface area contributed by atoms with Gasteiger partial charge in [0.25, 0.3) is 5.56 Å². The molecule has 1 aliphatic rings. The van der Waals surface area contributed by atoms with E-state index in [1.807, 2.05) is 0 Å². The molecular formula is C10H14FN3O2. The molecule has 0 bridgehead atoms. The highest BCUT2D eigenvalue weighted by Crippen LogP contribution is 2.17. The van der Waals surface area contributed by atoms with Crippen molar-refractivity contribution in [1.29, 1.82) is 0 Å². The van der Waals surface area contributed by atoms with Gasteiger partial charge in [-0.25, -0.2) is 9.37 Å². The average molecular weight is 227 g/mol. The van der Waals surface area contributed by atoms with Crippen molar-refractivity contribution in [3.8, 4) is 0 Å². The average Bonchev–Trinajstić information content (AvgIpc) is 2.28. The molecule has 2 rings (SSSR count). The Bertz CT molecular complexity index is 421. The Hall–Kier alpha value is -1.43. The number of ether oxygens (including phenoxy) is 1. The quantitative estimate of drug-likeness (QED) is 0.806. The van der Waals surface area contributed by atoms with Crippen molar-refractivity contribution >= 4 is 5.82 Å². The van der Waals surface area contributed by atoms with E-state index >= 15 is 0 Å². The van der Waals surface area contributed by atoms with Gasteiger partial charge in [-0.05, 0) is 12.8 Å². The van der Waals surface area contributed by atoms with Crippen molar-refractivity contribution in [2.45, 2.75) is 25.2 Å². The molecule has 1 fully saturated rings. The number of hydrogen-bond donors (Lipinski definition) is 1. The van der Waals surface area contributed by atoms with Gasteiger partial charge in [0.05, 0.1) is 12.6 Å². The first-order chi connectivity index (χ1) is 7.68. The first-order valence-electron chi connectivity index (χ1n) is 5.22. The SMILES string of the molecule is Cn1ccnc(NC2CCCOC2F)c1=O. The van der Waals surface area contributed by atoms with Crippen molar-refractivity contribution in [1.82, 2.24) is 9.55 Å². The summed E-state index contributed by atoms with van der Waals surface area (Å²) >= 11 is 0. The van der Waals surface area contributed by atoms with E-state index in [9.17, 15) is 9.18 Å². The largest absolute Gasteiger partial charge is 0.357 e. The molecule has 5 nitrogen and oxygen atoms in total. The number of halogens is 1. The highest BCUT2D eigenvalue weighted by Gasteiger charge is 2.26. The molecule has 2 atom stereocenters. The molecule has 1 N–H and O–H groups in total. The molecule has 0 amide bonds. The molecule has 0 saturated carbocycles. The number of anilines is 1. The van der Waals surface area contributed by atoms with E-state index in [1.165, 1.54) is 10.8 Å². The van der Waals surface area contributed by atoms with Crippen LogP contribution in [-0.4, -0.2) is 28.6 Å². The van der Waals surface area contributed by atoms with E-state index < -0.39 is 12.4 Å². The highest BCUT2D eigenvalue weighted by atomic mass is 19.1. The normalized spacial score (nSPS) is 25.4. The highest BCUT2D eigenvalue weighted by molar-refractivity contribution is 5.32. The van der Waals surface area contributed by atoms with Gasteiger partial charge in [-0.1, -0.05) is 0 Å². The molecule has 1 saturated heterocycles. The molecule has 2 heterocycles. The summed E-state index contributed by atoms with van der Waals surface area (Å²) in [7, 11) is 1.62. The lowest BCUT2D eigenvalue weighted by molar-refractivity contribution is -0.0758. The second-order valence-electron chi connectivity index (χ2n) is 3.81. The third kappa shape index (κ3) is 2.21. The molecule has 0 spiro atoms. The van der Waals surface area contributed by atoms with Crippen LogP contribution >= 0.6 is 0 Å². The third-order valence-electron chi connectivity index (χ3n) is 2.59. The van der Waals surface area contributed by atoms with Crippen LogP contribution in [-0.2, 0) is 11.8 Å². The van der Waals surface area contributed by atoms with Crippen LogP contribution in [0.15, 0.2) is 17.2 Å². The van der Waals surface area contributed by atoms with E-state index in [1.54, 1.807) is 13.2 Å². The van der Waals surface area contributed by atoms with Crippen molar-refractivity contribution < 1.29 is 9.13 Å². The van der Waals surface area contributed by atoms with Gasteiger partial charge in [0.1, 0.15) is 0 Å². The predicted octanol–water partition coefficient (Wildman–Crippen LogP) is 0.667. The minimum Gasteiger partial charge on any atom is -0.357 e. The summed E-state index contributed by atoms with van der Waals surface area (Å²) in [5.41, 5.74) is -0.264. The van der Waals surface area contributed by atoms with Gasteiger partial charge < -0.3 is 14.6 Å². The third-order valence-corrected chi connectivity index (χ3v) is 2.59. The zero-order valence-electron chi connectivity index (χ0n) is 9.02. The standard InChI is InChI=1S/C10H14FN3O2/c1-14-5-4-12-9(10(14)15)13-7-3-2-6-16-8(7)11/h4-5,7-8H,2-3,6H2,1H3,(H,12,13). The fourth-order valence-electron chi connectivity index (χ4n) is 1.66. The number of nitrogens with one attached hydrogen (secondary N) is 1. The fourth-order valence-corrected chi connectivity index (χ4v) is 1.66. The summed E-state index contributed by atoms with van der Waals surface area (Å²) < 4.78 is 19.6. The van der Waals surface area contributed by atoms with Crippen LogP contribution in [0.2, 0.25) is 0 Å². The van der Waals surface area contributed by atoms with Gasteiger partial charge in [0, 0.05) is 19.4 Å². The van der Waals surface area contributed by atoms with Crippen LogP contribution in [0.3, 0.4) is 0 Å². The van der Waals surface area contributed by atoms with E-state index in [4.69, 9.17) is 4.74 Å². The summed E-state index contributed by atoms with van der Waals surface area (Å²) in [5, 5.41) is 2.80. The minimum atomic E-state index is -1.37. The van der Waals surface area contributed by atoms with Gasteiger partial charge in [0.2, 0.25) is 6.36 Å². The second kappa shape index (κ2) is 4.61. The first-order valence-corrected chi connectivity index (χ1v) is 5.22. The Balaban J connectivity index is 2.14. The number of rotatable bonds is 2. The zero-order valence-corrected chi connectivity index (χ0v) is 9.02. The van der Waals surface area contributed by atoms with Crippen LogP contribution in [0.5, 0.6) is 0 Å². The van der Waals surface area contributed by atoms with Gasteiger partial charge in [0.15, 0.2) is 5.82 Å². The first kappa shape index (κ1) is 11.1. The van der Waals surface area contributed by atoms with Crippen molar-refractivity contribution in [3.63, 3.8) is 0 Å². The maximum Gasteiger partial charge on any atom is 0.293 e. The molecule has 0 aliphatic carbocycles. The molecule has 2 unspecified atom stereocenters. The van der Waals surface area contributed by atoms with Gasteiger partial charge in [-0.15, -0.1) is 0 Å². The van der Waals surface area contributed by atoms with E-state index in [2.05, 4.69) is 10.3 Å². The van der Waals surface area contributed by atoms with Crippen LogP contribution in [0, 0.1) is 0 Å². The van der Waals surface area contributed by atoms with E-state index in [0.717, 1.165) is 6.42 Å². The number of alkyl halides is 1. The monoisotopic (exact) mass is 227 g/mol. The second-order valence-corrected chi connectivity index (χ2v) is 3.81. The zero-order chi connectivity index (χ0) is 11.5. The molecule has 1 aliphatic heterocycles. The van der Waals surface area contributed by atoms with Crippen LogP contribution in [0.1, 0.15) is 12.8 Å². The Morgan fingerprint density at radius 1 is 1.69 bits per heavy atom. The van der Waals surface area contributed by atoms with Crippen LogP contribution < -0.4 is 10.9 Å². The molecule has 0 aromatic carbocycles. The number of aryl methyl sites for hydroxylation is 1. The van der Waals surface area contributed by atoms with Crippen molar-refractivity contribution in [2.24, 2.45) is 7.05 Å².